The van der Waals surface area contributed by atoms with E-state index in [0.717, 1.165) is 12.3 Å². The van der Waals surface area contributed by atoms with E-state index in [1.54, 1.807) is 0 Å². The molecular weight excluding hydrogens is 606 g/mol. The molecule has 39 heavy (non-hydrogen) atoms. The van der Waals surface area contributed by atoms with Gasteiger partial charge in [0.1, 0.15) is 48.5 Å². The summed E-state index contributed by atoms with van der Waals surface area (Å²) in [6.07, 6.45) is -17.0. The molecule has 224 valence electrons. The minimum atomic E-state index is -5.76. The summed E-state index contributed by atoms with van der Waals surface area (Å²) in [6.45, 7) is -1.09. The number of hydrogen-bond donors (Lipinski definition) is 9. The molecule has 0 radical (unpaired) electrons. The second kappa shape index (κ2) is 11.8. The fourth-order valence-corrected chi connectivity index (χ4v) is 6.39. The molecule has 11 atom stereocenters. The number of aliphatic hydroxyl groups is 5. The lowest BCUT2D eigenvalue weighted by atomic mass is 10.0. The normalized spacial score (nSPS) is 36.8. The maximum atomic E-state index is 12.2. The van der Waals surface area contributed by atoms with E-state index in [1.807, 2.05) is 4.98 Å². The summed E-state index contributed by atoms with van der Waals surface area (Å²) in [5.74, 6) is -1.35. The van der Waals surface area contributed by atoms with Gasteiger partial charge in [0.05, 0.1) is 6.61 Å². The van der Waals surface area contributed by atoms with Gasteiger partial charge in [-0.2, -0.15) is 12.7 Å². The number of H-pyrrole nitrogens is 1. The molecular formula is C15H24N2O19P2S. The van der Waals surface area contributed by atoms with Gasteiger partial charge in [-0.3, -0.25) is 27.9 Å². The number of nitrogens with zero attached hydrogens (tertiary/aromatic N) is 1. The maximum absolute atomic E-state index is 12.2. The van der Waals surface area contributed by atoms with Crippen LogP contribution < -0.4 is 11.2 Å². The number of aromatic amines is 1. The van der Waals surface area contributed by atoms with E-state index in [9.17, 15) is 62.5 Å². The number of rotatable bonds is 10. The summed E-state index contributed by atoms with van der Waals surface area (Å²) < 4.78 is 79.0. The highest BCUT2D eigenvalue weighted by molar-refractivity contribution is 7.85. The minimum Gasteiger partial charge on any atom is -0.388 e. The summed E-state index contributed by atoms with van der Waals surface area (Å²) >= 11 is 0. The van der Waals surface area contributed by atoms with Gasteiger partial charge in [0.15, 0.2) is 12.5 Å². The Balaban J connectivity index is 1.63. The molecule has 9 N–H and O–H groups in total. The molecule has 0 aromatic carbocycles. The Morgan fingerprint density at radius 3 is 2.13 bits per heavy atom. The molecule has 2 aliphatic heterocycles. The summed E-state index contributed by atoms with van der Waals surface area (Å²) in [5.41, 5.74) is -1.80. The third-order valence-corrected chi connectivity index (χ3v) is 8.70. The highest BCUT2D eigenvalue weighted by atomic mass is 32.2. The number of aromatic nitrogens is 2. The van der Waals surface area contributed by atoms with Crippen molar-refractivity contribution in [1.29, 1.82) is 0 Å². The fraction of sp³-hybridized carbons (Fsp3) is 0.733. The zero-order valence-electron chi connectivity index (χ0n) is 19.1. The Bertz CT molecular complexity index is 1350. The molecule has 1 aromatic rings. The van der Waals surface area contributed by atoms with Crippen molar-refractivity contribution >= 4 is 25.8 Å². The lowest BCUT2D eigenvalue weighted by Crippen LogP contribution is -2.59. The van der Waals surface area contributed by atoms with Crippen molar-refractivity contribution in [2.45, 2.75) is 55.2 Å². The van der Waals surface area contributed by atoms with Gasteiger partial charge >= 0.3 is 21.3 Å². The van der Waals surface area contributed by atoms with Crippen LogP contribution in [0.2, 0.25) is 0 Å². The molecule has 21 nitrogen and oxygen atoms in total. The van der Waals surface area contributed by atoms with Crippen LogP contribution in [-0.4, -0.2) is 119 Å². The van der Waals surface area contributed by atoms with Gasteiger partial charge in [-0.25, -0.2) is 13.9 Å². The van der Waals surface area contributed by atoms with E-state index in [-0.39, 0.29) is 0 Å². The average Bonchev–Trinajstić information content (AvgIpc) is 3.06. The predicted octanol–water partition coefficient (Wildman–Crippen LogP) is -4.90. The molecule has 24 heteroatoms. The molecule has 3 rings (SSSR count). The van der Waals surface area contributed by atoms with Gasteiger partial charge < -0.3 is 44.8 Å². The monoisotopic (exact) mass is 630 g/mol. The zero-order chi connectivity index (χ0) is 29.5. The quantitative estimate of drug-likeness (QED) is 0.0863. The Morgan fingerprint density at radius 1 is 0.923 bits per heavy atom. The first-order chi connectivity index (χ1) is 17.8. The molecule has 2 unspecified atom stereocenters. The van der Waals surface area contributed by atoms with Gasteiger partial charge in [-0.1, -0.05) is 0 Å². The molecule has 0 aliphatic carbocycles. The molecule has 0 bridgehead atoms. The molecule has 3 heterocycles. The minimum absolute atomic E-state index is 0.691. The van der Waals surface area contributed by atoms with Gasteiger partial charge in [0, 0.05) is 12.3 Å². The first-order valence-electron chi connectivity index (χ1n) is 10.5. The van der Waals surface area contributed by atoms with E-state index in [1.165, 1.54) is 0 Å². The second-order valence-electron chi connectivity index (χ2n) is 8.25. The van der Waals surface area contributed by atoms with Crippen molar-refractivity contribution < 1.29 is 80.3 Å². The lowest BCUT2D eigenvalue weighted by Gasteiger charge is -2.39. The highest BCUT2D eigenvalue weighted by Gasteiger charge is 2.50. The van der Waals surface area contributed by atoms with Crippen LogP contribution in [0.3, 0.4) is 0 Å². The van der Waals surface area contributed by atoms with Crippen LogP contribution in [0.5, 0.6) is 0 Å². The molecule has 0 amide bonds. The Labute approximate surface area is 216 Å². The van der Waals surface area contributed by atoms with Crippen molar-refractivity contribution in [3.63, 3.8) is 0 Å². The number of ether oxygens (including phenoxy) is 2. The number of phosphoric acid groups is 2. The third kappa shape index (κ3) is 8.07. The zero-order valence-corrected chi connectivity index (χ0v) is 21.7. The van der Waals surface area contributed by atoms with Crippen LogP contribution in [0, 0.1) is 0 Å². The van der Waals surface area contributed by atoms with Gasteiger partial charge in [-0.05, 0) is 0 Å². The first kappa shape index (κ1) is 32.1. The number of hydrogen-bond acceptors (Lipinski definition) is 16. The van der Waals surface area contributed by atoms with E-state index in [2.05, 4.69) is 13.4 Å². The van der Waals surface area contributed by atoms with E-state index < -0.39 is 105 Å². The maximum Gasteiger partial charge on any atom is 0.483 e. The van der Waals surface area contributed by atoms with Gasteiger partial charge in [-0.15, -0.1) is 0 Å². The first-order valence-corrected chi connectivity index (χ1v) is 15.1. The fourth-order valence-electron chi connectivity index (χ4n) is 3.55. The van der Waals surface area contributed by atoms with Gasteiger partial charge in [0.2, 0.25) is 0 Å². The number of phosphoric ester groups is 2. The van der Waals surface area contributed by atoms with E-state index in [4.69, 9.17) is 14.0 Å². The summed E-state index contributed by atoms with van der Waals surface area (Å²) in [7, 11) is -16.2. The standard InChI is InChI=1S/C15H24N2O19P2S/c18-7-1-2-17(15(24)16-7)13-11(22)8(19)5(33-13)3-32-37(25,26)36-38(27,28)35-14-12(23)10(21)9(20)6(34-14)4-39(29,30)31/h1-2,5-6,8-14,19-23H,3-4H2,(H,25,26)(H,27,28)(H,16,18,24)(H,29,30,31)/t5-,6-,8-,9-,10+,11+,12-,13+,14+/m0/s1. The van der Waals surface area contributed by atoms with Gasteiger partial charge in [0.25, 0.3) is 15.7 Å². The molecule has 2 aliphatic rings. The predicted molar refractivity (Wildman–Crippen MR) is 118 cm³/mol. The van der Waals surface area contributed by atoms with Crippen molar-refractivity contribution in [3.8, 4) is 0 Å². The van der Waals surface area contributed by atoms with E-state index in [0.29, 0.717) is 4.57 Å². The molecule has 2 fully saturated rings. The van der Waals surface area contributed by atoms with Crippen molar-refractivity contribution in [2.75, 3.05) is 12.4 Å². The summed E-state index contributed by atoms with van der Waals surface area (Å²) in [6, 6.07) is 0.903. The highest BCUT2D eigenvalue weighted by Crippen LogP contribution is 2.61. The van der Waals surface area contributed by atoms with Crippen LogP contribution >= 0.6 is 15.6 Å². The smallest absolute Gasteiger partial charge is 0.388 e. The van der Waals surface area contributed by atoms with Crippen LogP contribution in [0.15, 0.2) is 21.9 Å². The Morgan fingerprint density at radius 2 is 1.54 bits per heavy atom. The largest absolute Gasteiger partial charge is 0.483 e. The number of nitrogens with one attached hydrogen (secondary N) is 1. The van der Waals surface area contributed by atoms with Crippen molar-refractivity contribution in [3.05, 3.63) is 33.1 Å². The molecule has 0 spiro atoms. The van der Waals surface area contributed by atoms with Crippen LogP contribution in [-0.2, 0) is 42.1 Å². The SMILES string of the molecule is O=c1ccn([C@@H]2O[C@@H](COP(=O)(O)OP(=O)(O)O[C@H]3O[C@@H](CS(=O)(=O)O)[C@H](O)[C@@H](O)[C@@H]3O)[C@H](O)[C@H]2O)c(=O)[nH]1. The van der Waals surface area contributed by atoms with Crippen LogP contribution in [0.4, 0.5) is 0 Å². The third-order valence-electron chi connectivity index (χ3n) is 5.35. The Hall–Kier alpha value is -1.43. The summed E-state index contributed by atoms with van der Waals surface area (Å²) in [4.78, 5) is 44.6. The molecule has 2 saturated heterocycles. The lowest BCUT2D eigenvalue weighted by molar-refractivity contribution is -0.270. The topological polar surface area (TPSA) is 331 Å². The number of aliphatic hydroxyl groups excluding tert-OH is 5. The van der Waals surface area contributed by atoms with Crippen LogP contribution in [0.1, 0.15) is 6.23 Å². The molecule has 1 aromatic heterocycles. The summed E-state index contributed by atoms with van der Waals surface area (Å²) in [5, 5.41) is 49.8. The van der Waals surface area contributed by atoms with Crippen LogP contribution in [0.25, 0.3) is 0 Å². The molecule has 0 saturated carbocycles. The van der Waals surface area contributed by atoms with E-state index >= 15 is 0 Å². The van der Waals surface area contributed by atoms with Crippen molar-refractivity contribution in [1.82, 2.24) is 9.55 Å². The second-order valence-corrected chi connectivity index (χ2v) is 12.7. The van der Waals surface area contributed by atoms with Crippen molar-refractivity contribution in [2.24, 2.45) is 0 Å². The average molecular weight is 630 g/mol. The Kier molecular flexibility index (Phi) is 9.72.